The molecule has 4 N–H and O–H groups in total. The van der Waals surface area contributed by atoms with Crippen LogP contribution in [0.4, 0.5) is 0 Å². The predicted molar refractivity (Wildman–Crippen MR) is 221 cm³/mol. The molecule has 6 atom stereocenters. The van der Waals surface area contributed by atoms with Gasteiger partial charge in [0.25, 0.3) is 11.8 Å². The van der Waals surface area contributed by atoms with E-state index < -0.39 is 74.7 Å². The molecule has 4 aliphatic carbocycles. The van der Waals surface area contributed by atoms with Crippen LogP contribution in [0.15, 0.2) is 18.7 Å². The summed E-state index contributed by atoms with van der Waals surface area (Å²) < 4.78 is 31.4. The van der Waals surface area contributed by atoms with Crippen molar-refractivity contribution in [3.63, 3.8) is 0 Å². The minimum absolute atomic E-state index is 0.0318. The van der Waals surface area contributed by atoms with E-state index in [-0.39, 0.29) is 28.6 Å². The average Bonchev–Trinajstić information content (AvgIpc) is 3.56. The molecular weight excluding hydrogens is 773 g/mol. The summed E-state index contributed by atoms with van der Waals surface area (Å²) in [6, 6.07) is -1.20. The fraction of sp³-hybridized carbons (Fsp3) is 0.767. The number of likely N-dealkylation sites (tertiary alicyclic amines) is 1. The maximum Gasteiger partial charge on any atom is 0.303 e. The van der Waals surface area contributed by atoms with Crippen molar-refractivity contribution in [1.29, 1.82) is 0 Å². The molecule has 0 aromatic carbocycles. The highest BCUT2D eigenvalue weighted by atomic mass is 32.2. The van der Waals surface area contributed by atoms with E-state index in [0.717, 1.165) is 57.1 Å². The summed E-state index contributed by atoms with van der Waals surface area (Å²) in [5, 5.41) is 13.5. The molecule has 15 nitrogen and oxygen atoms in total. The van der Waals surface area contributed by atoms with E-state index in [1.807, 2.05) is 27.7 Å². The van der Waals surface area contributed by atoms with E-state index in [4.69, 9.17) is 0 Å². The molecule has 2 aliphatic heterocycles. The van der Waals surface area contributed by atoms with E-state index in [9.17, 15) is 27.6 Å². The molecule has 4 saturated carbocycles. The van der Waals surface area contributed by atoms with E-state index in [2.05, 4.69) is 46.2 Å². The molecule has 5 amide bonds. The minimum atomic E-state index is -4.12. The largest absolute Gasteiger partial charge is 0.342 e. The summed E-state index contributed by atoms with van der Waals surface area (Å²) in [5.41, 5.74) is -1.76. The average molecular weight is 839 g/mol. The number of carbonyl (C=O) groups excluding carboxylic acids is 5. The van der Waals surface area contributed by atoms with Gasteiger partial charge in [0.15, 0.2) is 0 Å². The van der Waals surface area contributed by atoms with Crippen molar-refractivity contribution in [1.82, 2.24) is 39.7 Å². The normalized spacial score (nSPS) is 29.6. The topological polar surface area (TPSA) is 192 Å². The molecule has 0 unspecified atom stereocenters. The van der Waals surface area contributed by atoms with Crippen LogP contribution in [0.3, 0.4) is 0 Å². The van der Waals surface area contributed by atoms with Crippen LogP contribution in [0.1, 0.15) is 135 Å². The lowest BCUT2D eigenvalue weighted by atomic mass is 9.73. The van der Waals surface area contributed by atoms with Crippen molar-refractivity contribution >= 4 is 39.7 Å². The maximum atomic E-state index is 15.2. The smallest absolute Gasteiger partial charge is 0.303 e. The number of nitrogens with zero attached hydrogens (tertiary/aromatic N) is 4. The Balaban J connectivity index is 1.16. The number of aryl methyl sites for hydroxylation is 2. The van der Waals surface area contributed by atoms with Crippen molar-refractivity contribution in [3.05, 3.63) is 30.1 Å². The monoisotopic (exact) mass is 838 g/mol. The molecule has 326 valence electrons. The Labute approximate surface area is 349 Å². The van der Waals surface area contributed by atoms with E-state index in [1.54, 1.807) is 24.1 Å². The molecule has 6 fully saturated rings. The van der Waals surface area contributed by atoms with Crippen molar-refractivity contribution in [2.75, 3.05) is 19.6 Å². The summed E-state index contributed by atoms with van der Waals surface area (Å²) in [4.78, 5) is 73.8. The Hall–Kier alpha value is -3.79. The van der Waals surface area contributed by atoms with Gasteiger partial charge in [-0.3, -0.25) is 28.7 Å². The van der Waals surface area contributed by atoms with Gasteiger partial charge in [0.05, 0.1) is 5.69 Å². The van der Waals surface area contributed by atoms with Gasteiger partial charge in [-0.1, -0.05) is 73.3 Å². The van der Waals surface area contributed by atoms with Crippen LogP contribution in [0.2, 0.25) is 0 Å². The molecule has 2 spiro atoms. The number of hydrogen-bond donors (Lipinski definition) is 4. The number of amides is 5. The third-order valence-electron chi connectivity index (χ3n) is 15.7. The molecule has 1 aromatic rings. The highest BCUT2D eigenvalue weighted by Gasteiger charge is 2.85. The Morgan fingerprint density at radius 1 is 0.966 bits per heavy atom. The van der Waals surface area contributed by atoms with Crippen LogP contribution >= 0.6 is 0 Å². The number of hydrogen-bond acceptors (Lipinski definition) is 8. The summed E-state index contributed by atoms with van der Waals surface area (Å²) in [5.74, 6) is -3.23. The van der Waals surface area contributed by atoms with Gasteiger partial charge in [0.1, 0.15) is 29.4 Å². The molecule has 0 bridgehead atoms. The van der Waals surface area contributed by atoms with Gasteiger partial charge in [-0.15, -0.1) is 6.58 Å². The molecule has 0 radical (unpaired) electrons. The fourth-order valence-electron chi connectivity index (χ4n) is 11.6. The van der Waals surface area contributed by atoms with E-state index in [0.29, 0.717) is 51.0 Å². The number of fused-ring (bicyclic) bond motifs is 1. The van der Waals surface area contributed by atoms with Gasteiger partial charge >= 0.3 is 10.2 Å². The van der Waals surface area contributed by atoms with Gasteiger partial charge in [-0.05, 0) is 86.0 Å². The van der Waals surface area contributed by atoms with Crippen molar-refractivity contribution in [2.45, 2.75) is 149 Å². The first-order valence-electron chi connectivity index (χ1n) is 21.9. The zero-order valence-electron chi connectivity index (χ0n) is 36.1. The Kier molecular flexibility index (Phi) is 11.2. The van der Waals surface area contributed by atoms with Crippen LogP contribution in [0, 0.1) is 33.5 Å². The third kappa shape index (κ3) is 7.21. The van der Waals surface area contributed by atoms with Gasteiger partial charge < -0.3 is 20.9 Å². The number of nitrogens with one attached hydrogen (secondary N) is 4. The first kappa shape index (κ1) is 43.3. The molecule has 59 heavy (non-hydrogen) atoms. The molecule has 2 saturated heterocycles. The van der Waals surface area contributed by atoms with Crippen molar-refractivity contribution < 1.29 is 32.4 Å². The zero-order chi connectivity index (χ0) is 42.9. The SMILES string of the molecule is C=C[C@@H]1C[C@]1(NC(=O)[C@@H]1C[C@@]2(CN1C(=O)[C@@H](NC(=O)[C@@H](NC(=O)c1cc(CC)nn1C)C1CCCCC1)C(C)(C)C)C(C)(C)C21CCC1)C(=O)NS(=O)(=O)N1CCCC1. The number of rotatable bonds is 13. The molecule has 6 aliphatic rings. The van der Waals surface area contributed by atoms with Gasteiger partial charge in [0, 0.05) is 38.0 Å². The lowest BCUT2D eigenvalue weighted by Gasteiger charge is -2.38. The molecule has 16 heteroatoms. The highest BCUT2D eigenvalue weighted by Crippen LogP contribution is 2.88. The first-order chi connectivity index (χ1) is 27.7. The van der Waals surface area contributed by atoms with Crippen molar-refractivity contribution in [3.8, 4) is 0 Å². The molecular formula is C43H66N8O7S. The summed E-state index contributed by atoms with van der Waals surface area (Å²) >= 11 is 0. The van der Waals surface area contributed by atoms with Crippen LogP contribution in [-0.4, -0.2) is 100 Å². The molecule has 7 rings (SSSR count). The lowest BCUT2D eigenvalue weighted by Crippen LogP contribution is -2.62. The van der Waals surface area contributed by atoms with E-state index in [1.165, 1.54) is 8.99 Å². The van der Waals surface area contributed by atoms with Gasteiger partial charge in [0.2, 0.25) is 17.7 Å². The van der Waals surface area contributed by atoms with Crippen LogP contribution in [0.25, 0.3) is 0 Å². The molecule has 1 aromatic heterocycles. The fourth-order valence-corrected chi connectivity index (χ4v) is 12.9. The zero-order valence-corrected chi connectivity index (χ0v) is 36.9. The quantitative estimate of drug-likeness (QED) is 0.217. The Bertz CT molecular complexity index is 1990. The summed E-state index contributed by atoms with van der Waals surface area (Å²) in [7, 11) is -2.41. The summed E-state index contributed by atoms with van der Waals surface area (Å²) in [6.45, 7) is 16.8. The number of carbonyl (C=O) groups is 5. The summed E-state index contributed by atoms with van der Waals surface area (Å²) in [6.07, 6.45) is 11.7. The molecule has 3 heterocycles. The van der Waals surface area contributed by atoms with Crippen LogP contribution in [-0.2, 0) is 42.9 Å². The lowest BCUT2D eigenvalue weighted by molar-refractivity contribution is -0.145. The van der Waals surface area contributed by atoms with Crippen LogP contribution in [0.5, 0.6) is 0 Å². The highest BCUT2D eigenvalue weighted by molar-refractivity contribution is 7.87. The standard InChI is InChI=1S/C43H66N8O7S/c1-9-28-24-43(28,38(56)48-59(57,58)50-21-14-15-22-50)46-35(53)31-25-42(40(6,7)41(42)19-16-20-41)26-51(31)37(55)33(39(3,4)5)45-36(54)32(27-17-12-11-13-18-27)44-34(52)30-23-29(10-2)47-49(30)8/h9,23,27-28,31-33H,1,10-22,24-26H2,2-8H3,(H,44,52)(H,45,54)(H,46,53)(H,48,56)/t28-,31+,32+,33-,42-,43-/m1/s1. The Morgan fingerprint density at radius 2 is 1.63 bits per heavy atom. The Morgan fingerprint density at radius 3 is 2.15 bits per heavy atom. The van der Waals surface area contributed by atoms with E-state index >= 15 is 4.79 Å². The second-order valence-corrected chi connectivity index (χ2v) is 21.7. The first-order valence-corrected chi connectivity index (χ1v) is 23.3. The number of aromatic nitrogens is 2. The predicted octanol–water partition coefficient (Wildman–Crippen LogP) is 3.51. The van der Waals surface area contributed by atoms with Crippen molar-refractivity contribution in [2.24, 2.45) is 40.5 Å². The van der Waals surface area contributed by atoms with Crippen LogP contribution < -0.4 is 20.7 Å². The second-order valence-electron chi connectivity index (χ2n) is 20.0. The maximum absolute atomic E-state index is 15.2. The minimum Gasteiger partial charge on any atom is -0.342 e. The third-order valence-corrected chi connectivity index (χ3v) is 17.2. The van der Waals surface area contributed by atoms with Gasteiger partial charge in [-0.2, -0.15) is 17.8 Å². The van der Waals surface area contributed by atoms with Gasteiger partial charge in [-0.25, -0.2) is 4.72 Å². The second kappa shape index (κ2) is 15.3.